The monoisotopic (exact) mass is 298 g/mol. The summed E-state index contributed by atoms with van der Waals surface area (Å²) < 4.78 is 2.14. The topological polar surface area (TPSA) is 33.1 Å². The first-order chi connectivity index (χ1) is 10.6. The number of benzene rings is 1. The largest absolute Gasteiger partial charge is 0.312 e. The maximum atomic E-state index is 4.76. The number of nitrogens with one attached hydrogen (secondary N) is 1. The highest BCUT2D eigenvalue weighted by Crippen LogP contribution is 2.18. The summed E-state index contributed by atoms with van der Waals surface area (Å²) in [4.78, 5) is 2.53. The van der Waals surface area contributed by atoms with E-state index in [0.29, 0.717) is 6.04 Å². The molecule has 2 aromatic rings. The van der Waals surface area contributed by atoms with Crippen LogP contribution < -0.4 is 5.32 Å². The van der Waals surface area contributed by atoms with Gasteiger partial charge in [0.2, 0.25) is 0 Å². The van der Waals surface area contributed by atoms with Crippen molar-refractivity contribution in [3.05, 3.63) is 52.8 Å². The summed E-state index contributed by atoms with van der Waals surface area (Å²) in [6.45, 7) is 11.8. The molecule has 4 nitrogen and oxygen atoms in total. The molecule has 1 saturated heterocycles. The van der Waals surface area contributed by atoms with Crippen molar-refractivity contribution in [3.8, 4) is 0 Å². The second-order valence-corrected chi connectivity index (χ2v) is 6.38. The van der Waals surface area contributed by atoms with Gasteiger partial charge in [-0.25, -0.2) is 0 Å². The van der Waals surface area contributed by atoms with Gasteiger partial charge in [-0.15, -0.1) is 0 Å². The van der Waals surface area contributed by atoms with Crippen LogP contribution in [0, 0.1) is 13.8 Å². The third-order valence-corrected chi connectivity index (χ3v) is 4.54. The summed E-state index contributed by atoms with van der Waals surface area (Å²) in [6.07, 6.45) is 0. The highest BCUT2D eigenvalue weighted by atomic mass is 15.3. The van der Waals surface area contributed by atoms with Gasteiger partial charge in [0.1, 0.15) is 0 Å². The van der Waals surface area contributed by atoms with Gasteiger partial charge in [0.05, 0.1) is 12.2 Å². The van der Waals surface area contributed by atoms with Gasteiger partial charge in [0.25, 0.3) is 0 Å². The van der Waals surface area contributed by atoms with E-state index in [-0.39, 0.29) is 0 Å². The quantitative estimate of drug-likeness (QED) is 0.940. The zero-order valence-electron chi connectivity index (χ0n) is 13.8. The molecule has 1 aromatic heterocycles. The molecule has 22 heavy (non-hydrogen) atoms. The van der Waals surface area contributed by atoms with E-state index in [1.807, 2.05) is 0 Å². The lowest BCUT2D eigenvalue weighted by atomic mass is 10.1. The molecule has 0 amide bonds. The second-order valence-electron chi connectivity index (χ2n) is 6.38. The zero-order valence-corrected chi connectivity index (χ0v) is 13.8. The van der Waals surface area contributed by atoms with Gasteiger partial charge in [-0.3, -0.25) is 9.58 Å². The minimum atomic E-state index is 0.578. The Labute approximate surface area is 133 Å². The van der Waals surface area contributed by atoms with Crippen LogP contribution in [-0.4, -0.2) is 40.4 Å². The van der Waals surface area contributed by atoms with E-state index < -0.39 is 0 Å². The van der Waals surface area contributed by atoms with Crippen molar-refractivity contribution >= 4 is 0 Å². The fourth-order valence-electron chi connectivity index (χ4n) is 3.25. The van der Waals surface area contributed by atoms with Gasteiger partial charge in [0.15, 0.2) is 0 Å². The number of aromatic nitrogens is 2. The van der Waals surface area contributed by atoms with Crippen molar-refractivity contribution < 1.29 is 0 Å². The van der Waals surface area contributed by atoms with Gasteiger partial charge in [-0.2, -0.15) is 5.10 Å². The molecule has 0 radical (unpaired) electrons. The average Bonchev–Trinajstić information content (AvgIpc) is 2.76. The van der Waals surface area contributed by atoms with Crippen LogP contribution in [0.15, 0.2) is 30.3 Å². The molecule has 1 N–H and O–H groups in total. The third-order valence-electron chi connectivity index (χ3n) is 4.54. The fraction of sp³-hybridized carbons (Fsp3) is 0.500. The number of nitrogens with zero attached hydrogens (tertiary/aromatic N) is 3. The number of hydrogen-bond acceptors (Lipinski definition) is 3. The number of aryl methyl sites for hydroxylation is 1. The number of hydrogen-bond donors (Lipinski definition) is 1. The van der Waals surface area contributed by atoms with Gasteiger partial charge >= 0.3 is 0 Å². The van der Waals surface area contributed by atoms with E-state index in [9.17, 15) is 0 Å². The predicted molar refractivity (Wildman–Crippen MR) is 90.0 cm³/mol. The highest BCUT2D eigenvalue weighted by molar-refractivity contribution is 5.26. The first-order valence-corrected chi connectivity index (χ1v) is 8.16. The lowest BCUT2D eigenvalue weighted by Gasteiger charge is -2.31. The Kier molecular flexibility index (Phi) is 4.60. The molecule has 0 aliphatic carbocycles. The molecule has 1 aliphatic rings. The van der Waals surface area contributed by atoms with Gasteiger partial charge < -0.3 is 5.32 Å². The van der Waals surface area contributed by atoms with E-state index >= 15 is 0 Å². The Balaban J connectivity index is 1.75. The summed E-state index contributed by atoms with van der Waals surface area (Å²) in [5, 5.41) is 8.27. The van der Waals surface area contributed by atoms with E-state index in [1.165, 1.54) is 22.5 Å². The number of piperazine rings is 1. The Hall–Kier alpha value is -1.65. The summed E-state index contributed by atoms with van der Waals surface area (Å²) in [5.41, 5.74) is 5.16. The Bertz CT molecular complexity index is 618. The van der Waals surface area contributed by atoms with Crippen LogP contribution in [0.3, 0.4) is 0 Å². The van der Waals surface area contributed by atoms with Crippen LogP contribution in [-0.2, 0) is 13.1 Å². The average molecular weight is 298 g/mol. The molecule has 118 valence electrons. The van der Waals surface area contributed by atoms with Crippen LogP contribution >= 0.6 is 0 Å². The van der Waals surface area contributed by atoms with Gasteiger partial charge in [-0.1, -0.05) is 30.3 Å². The van der Waals surface area contributed by atoms with Crippen molar-refractivity contribution in [2.24, 2.45) is 0 Å². The molecule has 0 saturated carbocycles. The molecule has 2 heterocycles. The van der Waals surface area contributed by atoms with E-state index in [2.05, 4.69) is 66.0 Å². The predicted octanol–water partition coefficient (Wildman–Crippen LogP) is 2.34. The summed E-state index contributed by atoms with van der Waals surface area (Å²) in [6, 6.07) is 11.1. The first-order valence-electron chi connectivity index (χ1n) is 8.16. The van der Waals surface area contributed by atoms with Crippen LogP contribution in [0.1, 0.15) is 29.4 Å². The Morgan fingerprint density at radius 1 is 1.18 bits per heavy atom. The standard InChI is InChI=1S/C18H26N4/c1-14-11-21(10-9-19-14)13-18-15(2)20-22(16(18)3)12-17-7-5-4-6-8-17/h4-8,14,19H,9-13H2,1-3H3. The molecule has 4 heteroatoms. The summed E-state index contributed by atoms with van der Waals surface area (Å²) in [7, 11) is 0. The number of rotatable bonds is 4. The van der Waals surface area contributed by atoms with Crippen molar-refractivity contribution in [2.45, 2.75) is 39.9 Å². The fourth-order valence-corrected chi connectivity index (χ4v) is 3.25. The maximum absolute atomic E-state index is 4.76. The minimum absolute atomic E-state index is 0.578. The molecular formula is C18H26N4. The summed E-state index contributed by atoms with van der Waals surface area (Å²) in [5.74, 6) is 0. The molecule has 1 aliphatic heterocycles. The molecule has 1 aromatic carbocycles. The third kappa shape index (κ3) is 3.39. The molecule has 0 spiro atoms. The summed E-state index contributed by atoms with van der Waals surface area (Å²) >= 11 is 0. The smallest absolute Gasteiger partial charge is 0.0662 e. The SMILES string of the molecule is Cc1nn(Cc2ccccc2)c(C)c1CN1CCNC(C)C1. The van der Waals surface area contributed by atoms with Gasteiger partial charge in [-0.05, 0) is 26.3 Å². The van der Waals surface area contributed by atoms with Crippen molar-refractivity contribution in [1.29, 1.82) is 0 Å². The molecule has 0 bridgehead atoms. The van der Waals surface area contributed by atoms with Crippen LogP contribution in [0.5, 0.6) is 0 Å². The lowest BCUT2D eigenvalue weighted by Crippen LogP contribution is -2.48. The zero-order chi connectivity index (χ0) is 15.5. The minimum Gasteiger partial charge on any atom is -0.312 e. The van der Waals surface area contributed by atoms with E-state index in [1.54, 1.807) is 0 Å². The van der Waals surface area contributed by atoms with Crippen molar-refractivity contribution in [3.63, 3.8) is 0 Å². The first kappa shape index (κ1) is 15.3. The van der Waals surface area contributed by atoms with Crippen LogP contribution in [0.4, 0.5) is 0 Å². The van der Waals surface area contributed by atoms with Crippen molar-refractivity contribution in [2.75, 3.05) is 19.6 Å². The second kappa shape index (κ2) is 6.63. The molecule has 1 atom stereocenters. The van der Waals surface area contributed by atoms with Gasteiger partial charge in [0, 0.05) is 43.5 Å². The lowest BCUT2D eigenvalue weighted by molar-refractivity contribution is 0.199. The van der Waals surface area contributed by atoms with Crippen LogP contribution in [0.25, 0.3) is 0 Å². The molecular weight excluding hydrogens is 272 g/mol. The molecule has 1 unspecified atom stereocenters. The normalized spacial score (nSPS) is 19.5. The van der Waals surface area contributed by atoms with E-state index in [0.717, 1.165) is 32.7 Å². The highest BCUT2D eigenvalue weighted by Gasteiger charge is 2.19. The molecule has 1 fully saturated rings. The van der Waals surface area contributed by atoms with Crippen molar-refractivity contribution in [1.82, 2.24) is 20.0 Å². The van der Waals surface area contributed by atoms with Crippen LogP contribution in [0.2, 0.25) is 0 Å². The molecule has 3 rings (SSSR count). The Morgan fingerprint density at radius 2 is 1.95 bits per heavy atom. The van der Waals surface area contributed by atoms with E-state index in [4.69, 9.17) is 5.10 Å². The maximum Gasteiger partial charge on any atom is 0.0662 e. The Morgan fingerprint density at radius 3 is 2.68 bits per heavy atom.